The van der Waals surface area contributed by atoms with Gasteiger partial charge in [-0.1, -0.05) is 0 Å². The predicted molar refractivity (Wildman–Crippen MR) is 72.6 cm³/mol. The Morgan fingerprint density at radius 1 is 1.47 bits per heavy atom. The molecular weight excluding hydrogens is 268 g/mol. The summed E-state index contributed by atoms with van der Waals surface area (Å²) in [7, 11) is -1.64. The molecule has 0 aromatic carbocycles. The summed E-state index contributed by atoms with van der Waals surface area (Å²) < 4.78 is 37.3. The molecule has 0 aromatic rings. The van der Waals surface area contributed by atoms with Gasteiger partial charge in [-0.2, -0.15) is 0 Å². The molecule has 2 aliphatic heterocycles. The minimum absolute atomic E-state index is 0.0655. The smallest absolute Gasteiger partial charge is 0.214 e. The topological polar surface area (TPSA) is 76.7 Å². The predicted octanol–water partition coefficient (Wildman–Crippen LogP) is -0.147. The van der Waals surface area contributed by atoms with Crippen LogP contribution < -0.4 is 10.0 Å². The van der Waals surface area contributed by atoms with E-state index in [0.717, 1.165) is 32.2 Å². The van der Waals surface area contributed by atoms with Crippen LogP contribution in [0.1, 0.15) is 25.7 Å². The molecule has 0 saturated carbocycles. The van der Waals surface area contributed by atoms with E-state index in [2.05, 4.69) is 10.0 Å². The van der Waals surface area contributed by atoms with Gasteiger partial charge >= 0.3 is 0 Å². The van der Waals surface area contributed by atoms with Crippen molar-refractivity contribution in [1.82, 2.24) is 10.0 Å². The summed E-state index contributed by atoms with van der Waals surface area (Å²) >= 11 is 0. The van der Waals surface area contributed by atoms with Crippen molar-refractivity contribution in [2.75, 3.05) is 39.2 Å². The van der Waals surface area contributed by atoms with Gasteiger partial charge in [0, 0.05) is 20.3 Å². The summed E-state index contributed by atoms with van der Waals surface area (Å²) in [5.74, 6) is 0.0655. The second-order valence-electron chi connectivity index (χ2n) is 5.48. The molecule has 2 unspecified atom stereocenters. The minimum Gasteiger partial charge on any atom is -0.383 e. The number of sulfonamides is 1. The molecular formula is C12H24N2O4S. The van der Waals surface area contributed by atoms with Gasteiger partial charge < -0.3 is 14.8 Å². The number of hydrogen-bond acceptors (Lipinski definition) is 5. The number of methoxy groups -OCH3 is 1. The summed E-state index contributed by atoms with van der Waals surface area (Å²) in [5.41, 5.74) is -0.252. The van der Waals surface area contributed by atoms with Crippen LogP contribution in [0.3, 0.4) is 0 Å². The Balaban J connectivity index is 1.85. The van der Waals surface area contributed by atoms with Crippen molar-refractivity contribution in [3.8, 4) is 0 Å². The number of ether oxygens (including phenoxy) is 2. The molecule has 0 radical (unpaired) electrons. The Labute approximate surface area is 115 Å². The Hall–Kier alpha value is -0.210. The highest BCUT2D eigenvalue weighted by Crippen LogP contribution is 2.19. The number of hydrogen-bond donors (Lipinski definition) is 2. The molecule has 2 aliphatic rings. The molecule has 2 heterocycles. The molecule has 7 heteroatoms. The van der Waals surface area contributed by atoms with Crippen molar-refractivity contribution in [2.24, 2.45) is 0 Å². The molecule has 112 valence electrons. The van der Waals surface area contributed by atoms with Gasteiger partial charge in [0.1, 0.15) is 0 Å². The summed E-state index contributed by atoms with van der Waals surface area (Å²) in [6.07, 6.45) is 3.63. The first-order valence-corrected chi connectivity index (χ1v) is 8.53. The van der Waals surface area contributed by atoms with E-state index < -0.39 is 10.0 Å². The lowest BCUT2D eigenvalue weighted by Gasteiger charge is -2.29. The second-order valence-corrected chi connectivity index (χ2v) is 7.33. The quantitative estimate of drug-likeness (QED) is 0.683. The van der Waals surface area contributed by atoms with E-state index in [-0.39, 0.29) is 17.4 Å². The molecule has 19 heavy (non-hydrogen) atoms. The maximum absolute atomic E-state index is 12.0. The molecule has 2 rings (SSSR count). The van der Waals surface area contributed by atoms with E-state index in [9.17, 15) is 8.42 Å². The van der Waals surface area contributed by atoms with E-state index in [1.165, 1.54) is 0 Å². The van der Waals surface area contributed by atoms with E-state index in [0.29, 0.717) is 19.8 Å². The van der Waals surface area contributed by atoms with Crippen molar-refractivity contribution in [3.63, 3.8) is 0 Å². The minimum atomic E-state index is -3.28. The van der Waals surface area contributed by atoms with Gasteiger partial charge in [-0.3, -0.25) is 0 Å². The molecule has 2 atom stereocenters. The highest BCUT2D eigenvalue weighted by molar-refractivity contribution is 7.89. The largest absolute Gasteiger partial charge is 0.383 e. The summed E-state index contributed by atoms with van der Waals surface area (Å²) in [4.78, 5) is 0. The van der Waals surface area contributed by atoms with Gasteiger partial charge in [0.15, 0.2) is 0 Å². The number of rotatable bonds is 7. The summed E-state index contributed by atoms with van der Waals surface area (Å²) in [6, 6.07) is 0. The van der Waals surface area contributed by atoms with Gasteiger partial charge in [0.25, 0.3) is 0 Å². The van der Waals surface area contributed by atoms with Gasteiger partial charge in [0.05, 0.1) is 24.0 Å². The third kappa shape index (κ3) is 4.39. The Kier molecular flexibility index (Phi) is 5.19. The van der Waals surface area contributed by atoms with Crippen molar-refractivity contribution < 1.29 is 17.9 Å². The van der Waals surface area contributed by atoms with Crippen LogP contribution in [-0.4, -0.2) is 59.2 Å². The monoisotopic (exact) mass is 292 g/mol. The first kappa shape index (κ1) is 15.2. The fraction of sp³-hybridized carbons (Fsp3) is 1.00. The van der Waals surface area contributed by atoms with E-state index >= 15 is 0 Å². The van der Waals surface area contributed by atoms with Crippen molar-refractivity contribution in [3.05, 3.63) is 0 Å². The van der Waals surface area contributed by atoms with Crippen LogP contribution in [-0.2, 0) is 19.5 Å². The van der Waals surface area contributed by atoms with E-state index in [1.807, 2.05) is 0 Å². The summed E-state index contributed by atoms with van der Waals surface area (Å²) in [6.45, 7) is 2.50. The molecule has 0 amide bonds. The average molecular weight is 292 g/mol. The van der Waals surface area contributed by atoms with Crippen LogP contribution in [0.2, 0.25) is 0 Å². The van der Waals surface area contributed by atoms with Gasteiger partial charge in [-0.05, 0) is 32.2 Å². The molecule has 2 saturated heterocycles. The zero-order valence-electron chi connectivity index (χ0n) is 11.5. The zero-order valence-corrected chi connectivity index (χ0v) is 12.3. The zero-order chi connectivity index (χ0) is 13.8. The van der Waals surface area contributed by atoms with Crippen LogP contribution in [0.5, 0.6) is 0 Å². The molecule has 2 N–H and O–H groups in total. The van der Waals surface area contributed by atoms with Gasteiger partial charge in [-0.15, -0.1) is 0 Å². The molecule has 0 bridgehead atoms. The highest BCUT2D eigenvalue weighted by atomic mass is 32.2. The maximum atomic E-state index is 12.0. The van der Waals surface area contributed by atoms with Crippen LogP contribution in [0, 0.1) is 0 Å². The molecule has 0 aliphatic carbocycles. The molecule has 6 nitrogen and oxygen atoms in total. The fourth-order valence-corrected chi connectivity index (χ4v) is 4.16. The van der Waals surface area contributed by atoms with Crippen molar-refractivity contribution in [1.29, 1.82) is 0 Å². The molecule has 0 spiro atoms. The van der Waals surface area contributed by atoms with Crippen LogP contribution in [0.25, 0.3) is 0 Å². The Morgan fingerprint density at radius 3 is 2.89 bits per heavy atom. The van der Waals surface area contributed by atoms with E-state index in [1.54, 1.807) is 7.11 Å². The Morgan fingerprint density at radius 2 is 2.32 bits per heavy atom. The standard InChI is InChI=1S/C12H24N2O4S/c1-17-10-12(5-3-6-13-12)9-14-19(15,16)8-11-4-2-7-18-11/h11,13-14H,2-10H2,1H3. The third-order valence-corrected chi connectivity index (χ3v) is 5.21. The van der Waals surface area contributed by atoms with Crippen LogP contribution in [0.4, 0.5) is 0 Å². The average Bonchev–Trinajstić information content (AvgIpc) is 2.99. The molecule has 2 fully saturated rings. The number of nitrogens with one attached hydrogen (secondary N) is 2. The van der Waals surface area contributed by atoms with Crippen LogP contribution in [0.15, 0.2) is 0 Å². The lowest BCUT2D eigenvalue weighted by molar-refractivity contribution is 0.121. The second kappa shape index (κ2) is 6.49. The highest BCUT2D eigenvalue weighted by Gasteiger charge is 2.35. The van der Waals surface area contributed by atoms with Crippen molar-refractivity contribution >= 4 is 10.0 Å². The SMILES string of the molecule is COCC1(CNS(=O)(=O)CC2CCCO2)CCCN1. The maximum Gasteiger partial charge on any atom is 0.214 e. The van der Waals surface area contributed by atoms with Crippen molar-refractivity contribution in [2.45, 2.75) is 37.3 Å². The van der Waals surface area contributed by atoms with Gasteiger partial charge in [-0.25, -0.2) is 13.1 Å². The van der Waals surface area contributed by atoms with Gasteiger partial charge in [0.2, 0.25) is 10.0 Å². The third-order valence-electron chi connectivity index (χ3n) is 3.81. The van der Waals surface area contributed by atoms with Crippen LogP contribution >= 0.6 is 0 Å². The summed E-state index contributed by atoms with van der Waals surface area (Å²) in [5, 5.41) is 3.35. The van der Waals surface area contributed by atoms with E-state index in [4.69, 9.17) is 9.47 Å². The fourth-order valence-electron chi connectivity index (χ4n) is 2.80. The Bertz CT molecular complexity index is 373. The first-order valence-electron chi connectivity index (χ1n) is 6.88. The lowest BCUT2D eigenvalue weighted by atomic mass is 9.99. The first-order chi connectivity index (χ1) is 9.05. The normalized spacial score (nSPS) is 31.9. The molecule has 0 aromatic heterocycles. The lowest BCUT2D eigenvalue weighted by Crippen LogP contribution is -2.53.